The predicted molar refractivity (Wildman–Crippen MR) is 116 cm³/mol. The van der Waals surface area contributed by atoms with Crippen molar-refractivity contribution in [2.24, 2.45) is 0 Å². The van der Waals surface area contributed by atoms with Crippen LogP contribution in [0.3, 0.4) is 0 Å². The Morgan fingerprint density at radius 1 is 1.00 bits per heavy atom. The molecule has 2 heterocycles. The number of carboxylic acid groups (broad SMARTS) is 1. The number of aliphatic carboxylic acids is 1. The van der Waals surface area contributed by atoms with Crippen LogP contribution in [0, 0.1) is 0 Å². The number of carboxylic acids is 1. The summed E-state index contributed by atoms with van der Waals surface area (Å²) in [6, 6.07) is 15.9. The zero-order chi connectivity index (χ0) is 23.7. The lowest BCUT2D eigenvalue weighted by Crippen LogP contribution is -2.61. The lowest BCUT2D eigenvalue weighted by Gasteiger charge is -2.38. The van der Waals surface area contributed by atoms with Crippen molar-refractivity contribution in [3.05, 3.63) is 76.1 Å². The highest BCUT2D eigenvalue weighted by atomic mass is 16.7. The van der Waals surface area contributed by atoms with E-state index in [0.29, 0.717) is 11.8 Å². The second-order valence-corrected chi connectivity index (χ2v) is 7.85. The van der Waals surface area contributed by atoms with Crippen molar-refractivity contribution in [2.45, 2.75) is 50.0 Å². The van der Waals surface area contributed by atoms with Gasteiger partial charge in [-0.05, 0) is 24.1 Å². The highest BCUT2D eigenvalue weighted by molar-refractivity contribution is 5.85. The molecule has 33 heavy (non-hydrogen) atoms. The van der Waals surface area contributed by atoms with E-state index in [1.165, 1.54) is 0 Å². The van der Waals surface area contributed by atoms with Crippen LogP contribution in [-0.4, -0.2) is 57.1 Å². The normalized spacial score (nSPS) is 26.1. The van der Waals surface area contributed by atoms with Crippen LogP contribution >= 0.6 is 0 Å². The fourth-order valence-electron chi connectivity index (χ4n) is 4.12. The first-order valence-electron chi connectivity index (χ1n) is 10.5. The van der Waals surface area contributed by atoms with Gasteiger partial charge in [0.25, 0.3) is 0 Å². The highest BCUT2D eigenvalue weighted by Crippen LogP contribution is 2.38. The van der Waals surface area contributed by atoms with E-state index in [1.54, 1.807) is 24.3 Å². The first-order valence-corrected chi connectivity index (χ1v) is 10.5. The molecule has 2 aromatic carbocycles. The van der Waals surface area contributed by atoms with Gasteiger partial charge in [-0.2, -0.15) is 0 Å². The number of carbonyl (C=O) groups is 1. The third-order valence-electron chi connectivity index (χ3n) is 5.80. The van der Waals surface area contributed by atoms with Gasteiger partial charge in [0.2, 0.25) is 6.29 Å². The molecule has 3 aromatic rings. The molecule has 9 heteroatoms. The Morgan fingerprint density at radius 2 is 1.67 bits per heavy atom. The Bertz CT molecular complexity index is 1190. The van der Waals surface area contributed by atoms with Crippen molar-refractivity contribution in [3.63, 3.8) is 0 Å². The van der Waals surface area contributed by atoms with Crippen LogP contribution in [0.25, 0.3) is 11.0 Å². The fraction of sp³-hybridized carbons (Fsp3) is 0.333. The molecule has 4 rings (SSSR count). The molecule has 0 radical (unpaired) electrons. The topological polar surface area (TPSA) is 147 Å². The second kappa shape index (κ2) is 9.32. The second-order valence-electron chi connectivity index (χ2n) is 7.85. The minimum atomic E-state index is -1.86. The maximum atomic E-state index is 13.1. The molecule has 6 atom stereocenters. The van der Waals surface area contributed by atoms with Crippen LogP contribution in [0.5, 0.6) is 5.75 Å². The van der Waals surface area contributed by atoms with Crippen LogP contribution in [0.2, 0.25) is 0 Å². The van der Waals surface area contributed by atoms with Crippen LogP contribution in [0.4, 0.5) is 0 Å². The lowest BCUT2D eigenvalue weighted by atomic mass is 9.89. The van der Waals surface area contributed by atoms with E-state index in [2.05, 4.69) is 0 Å². The highest BCUT2D eigenvalue weighted by Gasteiger charge is 2.48. The molecular formula is C24H24O9. The van der Waals surface area contributed by atoms with Gasteiger partial charge in [0, 0.05) is 5.92 Å². The van der Waals surface area contributed by atoms with Gasteiger partial charge >= 0.3 is 11.6 Å². The summed E-state index contributed by atoms with van der Waals surface area (Å²) >= 11 is 0. The number of benzene rings is 2. The van der Waals surface area contributed by atoms with Crippen molar-refractivity contribution in [2.75, 3.05) is 0 Å². The van der Waals surface area contributed by atoms with Gasteiger partial charge in [-0.1, -0.05) is 49.4 Å². The van der Waals surface area contributed by atoms with Crippen molar-refractivity contribution in [1.82, 2.24) is 0 Å². The SMILES string of the molecule is CCC(c1ccccc1)c1c(O[C@@H]2O[C@H](C(=O)O)[C@@H](O)[C@H](O)[C@H]2O)c2ccccc2oc1=O. The van der Waals surface area contributed by atoms with Gasteiger partial charge in [0.1, 0.15) is 29.6 Å². The Hall–Kier alpha value is -3.24. The summed E-state index contributed by atoms with van der Waals surface area (Å²) in [6.45, 7) is 1.89. The summed E-state index contributed by atoms with van der Waals surface area (Å²) in [5, 5.41) is 40.4. The summed E-state index contributed by atoms with van der Waals surface area (Å²) < 4.78 is 16.8. The Labute approximate surface area is 188 Å². The first-order chi connectivity index (χ1) is 15.8. The van der Waals surface area contributed by atoms with Crippen molar-refractivity contribution in [3.8, 4) is 5.75 Å². The summed E-state index contributed by atoms with van der Waals surface area (Å²) in [7, 11) is 0. The van der Waals surface area contributed by atoms with Crippen molar-refractivity contribution >= 4 is 16.9 Å². The molecule has 174 valence electrons. The number of rotatable bonds is 6. The number of aliphatic hydroxyl groups excluding tert-OH is 3. The summed E-state index contributed by atoms with van der Waals surface area (Å²) in [5.41, 5.74) is 0.576. The zero-order valence-corrected chi connectivity index (χ0v) is 17.7. The third-order valence-corrected chi connectivity index (χ3v) is 5.80. The number of para-hydroxylation sites is 1. The van der Waals surface area contributed by atoms with Crippen LogP contribution < -0.4 is 10.4 Å². The lowest BCUT2D eigenvalue weighted by molar-refractivity contribution is -0.271. The number of fused-ring (bicyclic) bond motifs is 1. The molecule has 9 nitrogen and oxygen atoms in total. The third kappa shape index (κ3) is 4.23. The van der Waals surface area contributed by atoms with E-state index in [0.717, 1.165) is 5.56 Å². The summed E-state index contributed by atoms with van der Waals surface area (Å²) in [4.78, 5) is 24.6. The molecular weight excluding hydrogens is 432 g/mol. The molecule has 0 spiro atoms. The van der Waals surface area contributed by atoms with E-state index in [9.17, 15) is 30.0 Å². The van der Waals surface area contributed by atoms with Crippen LogP contribution in [-0.2, 0) is 9.53 Å². The van der Waals surface area contributed by atoms with E-state index >= 15 is 0 Å². The Kier molecular flexibility index (Phi) is 6.48. The number of hydrogen-bond donors (Lipinski definition) is 4. The molecule has 0 saturated carbocycles. The fourth-order valence-corrected chi connectivity index (χ4v) is 4.12. The average molecular weight is 456 g/mol. The van der Waals surface area contributed by atoms with Gasteiger partial charge in [0.05, 0.1) is 10.9 Å². The molecule has 1 unspecified atom stereocenters. The zero-order valence-electron chi connectivity index (χ0n) is 17.7. The molecule has 1 aliphatic heterocycles. The summed E-state index contributed by atoms with van der Waals surface area (Å²) in [5.74, 6) is -1.92. The molecule has 1 saturated heterocycles. The largest absolute Gasteiger partial charge is 0.479 e. The Morgan fingerprint density at radius 3 is 2.33 bits per heavy atom. The van der Waals surface area contributed by atoms with Crippen LogP contribution in [0.15, 0.2) is 63.8 Å². The molecule has 1 aliphatic rings. The average Bonchev–Trinajstić information content (AvgIpc) is 2.81. The minimum absolute atomic E-state index is 0.0503. The molecule has 1 fully saturated rings. The smallest absolute Gasteiger partial charge is 0.343 e. The standard InChI is InChI=1S/C24H24O9/c1-2-13(12-8-4-3-5-9-12)16-20(14-10-6-7-11-15(14)31-23(16)30)32-24-19(27)17(25)18(26)21(33-24)22(28)29/h3-11,13,17-19,21,24-27H,2H2,1H3,(H,28,29)/t13?,17-,18-,19+,21-,24+/m0/s1. The van der Waals surface area contributed by atoms with Gasteiger partial charge in [-0.3, -0.25) is 0 Å². The van der Waals surface area contributed by atoms with Crippen molar-refractivity contribution in [1.29, 1.82) is 0 Å². The van der Waals surface area contributed by atoms with E-state index < -0.39 is 48.2 Å². The number of hydrogen-bond acceptors (Lipinski definition) is 8. The molecule has 0 aliphatic carbocycles. The van der Waals surface area contributed by atoms with Crippen LogP contribution in [0.1, 0.15) is 30.4 Å². The maximum absolute atomic E-state index is 13.1. The van der Waals surface area contributed by atoms with Gasteiger partial charge in [-0.15, -0.1) is 0 Å². The predicted octanol–water partition coefficient (Wildman–Crippen LogP) is 1.61. The molecule has 1 aromatic heterocycles. The van der Waals surface area contributed by atoms with Gasteiger partial charge < -0.3 is 34.3 Å². The van der Waals surface area contributed by atoms with E-state index in [4.69, 9.17) is 13.9 Å². The van der Waals surface area contributed by atoms with E-state index in [-0.39, 0.29) is 16.9 Å². The van der Waals surface area contributed by atoms with Crippen molar-refractivity contribution < 1.29 is 39.1 Å². The van der Waals surface area contributed by atoms with Gasteiger partial charge in [-0.25, -0.2) is 9.59 Å². The number of ether oxygens (including phenoxy) is 2. The summed E-state index contributed by atoms with van der Waals surface area (Å²) in [6.07, 6.45) is -8.46. The molecule has 4 N–H and O–H groups in total. The minimum Gasteiger partial charge on any atom is -0.479 e. The maximum Gasteiger partial charge on any atom is 0.343 e. The number of aliphatic hydroxyl groups is 3. The quantitative estimate of drug-likeness (QED) is 0.406. The van der Waals surface area contributed by atoms with Gasteiger partial charge in [0.15, 0.2) is 6.10 Å². The first kappa shape index (κ1) is 22.9. The monoisotopic (exact) mass is 456 g/mol. The Balaban J connectivity index is 1.86. The molecule has 0 amide bonds. The van der Waals surface area contributed by atoms with E-state index in [1.807, 2.05) is 37.3 Å². The molecule has 0 bridgehead atoms.